The SMILES string of the molecule is CN(C)C(=NC(F)(F)C(F)(F)C(F)(F)C(F)(F)CCC(F)(F)F)N(C)C[Si](C)C. The second-order valence-electron chi connectivity index (χ2n) is 6.88. The number of alkyl halides is 11. The Kier molecular flexibility index (Phi) is 8.45. The molecule has 1 radical (unpaired) electrons. The normalized spacial score (nSPS) is 15.1. The first-order chi connectivity index (χ1) is 12.6. The highest BCUT2D eigenvalue weighted by Crippen LogP contribution is 2.54. The van der Waals surface area contributed by atoms with Crippen LogP contribution in [0.3, 0.4) is 0 Å². The molecule has 0 aromatic heterocycles. The minimum Gasteiger partial charge on any atom is -0.349 e. The Morgan fingerprint density at radius 1 is 0.759 bits per heavy atom. The van der Waals surface area contributed by atoms with Gasteiger partial charge in [0.1, 0.15) is 0 Å². The summed E-state index contributed by atoms with van der Waals surface area (Å²) in [5.41, 5.74) is 0. The third-order valence-corrected chi connectivity index (χ3v) is 4.60. The smallest absolute Gasteiger partial charge is 0.349 e. The Morgan fingerprint density at radius 3 is 1.55 bits per heavy atom. The van der Waals surface area contributed by atoms with E-state index in [1.54, 1.807) is 13.1 Å². The number of hydrogen-bond acceptors (Lipinski definition) is 1. The largest absolute Gasteiger partial charge is 0.414 e. The minimum atomic E-state index is -6.81. The molecule has 0 atom stereocenters. The lowest BCUT2D eigenvalue weighted by Gasteiger charge is -2.36. The summed E-state index contributed by atoms with van der Waals surface area (Å²) in [7, 11) is 2.15. The Bertz CT molecular complexity index is 574. The van der Waals surface area contributed by atoms with Crippen molar-refractivity contribution in [2.24, 2.45) is 4.99 Å². The molecule has 0 unspecified atom stereocenters. The van der Waals surface area contributed by atoms with E-state index in [1.807, 2.05) is 0 Å². The summed E-state index contributed by atoms with van der Waals surface area (Å²) in [4.78, 5) is 4.03. The molecule has 0 fully saturated rings. The van der Waals surface area contributed by atoms with E-state index in [-0.39, 0.29) is 6.17 Å². The summed E-state index contributed by atoms with van der Waals surface area (Å²) in [6.45, 7) is 3.44. The van der Waals surface area contributed by atoms with Crippen LogP contribution in [0.1, 0.15) is 12.8 Å². The lowest BCUT2D eigenvalue weighted by Crippen LogP contribution is -2.62. The van der Waals surface area contributed by atoms with Crippen LogP contribution in [0.4, 0.5) is 48.3 Å². The molecule has 0 aromatic rings. The molecule has 0 amide bonds. The van der Waals surface area contributed by atoms with Gasteiger partial charge < -0.3 is 9.80 Å². The molecule has 15 heteroatoms. The minimum absolute atomic E-state index is 0.0709. The summed E-state index contributed by atoms with van der Waals surface area (Å²) in [5.74, 6) is -20.5. The van der Waals surface area contributed by atoms with Crippen LogP contribution < -0.4 is 0 Å². The maximum Gasteiger partial charge on any atom is 0.414 e. The van der Waals surface area contributed by atoms with Crippen molar-refractivity contribution in [3.05, 3.63) is 0 Å². The van der Waals surface area contributed by atoms with E-state index in [2.05, 4.69) is 4.99 Å². The highest BCUT2D eigenvalue weighted by atomic mass is 28.3. The topological polar surface area (TPSA) is 18.8 Å². The maximum absolute atomic E-state index is 14.0. The number of halogens is 11. The predicted molar refractivity (Wildman–Crippen MR) is 86.3 cm³/mol. The van der Waals surface area contributed by atoms with Crippen LogP contribution >= 0.6 is 0 Å². The second kappa shape index (κ2) is 8.84. The predicted octanol–water partition coefficient (Wildman–Crippen LogP) is 4.97. The molecule has 0 aliphatic heterocycles. The van der Waals surface area contributed by atoms with Gasteiger partial charge in [-0.15, -0.1) is 0 Å². The fourth-order valence-corrected chi connectivity index (χ4v) is 3.23. The van der Waals surface area contributed by atoms with Crippen molar-refractivity contribution in [3.8, 4) is 0 Å². The molecule has 0 aliphatic rings. The van der Waals surface area contributed by atoms with Gasteiger partial charge in [-0.25, -0.2) is 0 Å². The van der Waals surface area contributed by atoms with Crippen LogP contribution in [0.25, 0.3) is 0 Å². The molecule has 0 aliphatic carbocycles. The van der Waals surface area contributed by atoms with E-state index < -0.39 is 57.6 Å². The lowest BCUT2D eigenvalue weighted by molar-refractivity contribution is -0.367. The molecule has 0 bridgehead atoms. The Labute approximate surface area is 162 Å². The summed E-state index contributed by atoms with van der Waals surface area (Å²) >= 11 is 0. The molecule has 173 valence electrons. The molecule has 0 spiro atoms. The maximum atomic E-state index is 14.0. The first-order valence-corrected chi connectivity index (χ1v) is 10.6. The van der Waals surface area contributed by atoms with Crippen LogP contribution in [0, 0.1) is 0 Å². The molecule has 3 nitrogen and oxygen atoms in total. The summed E-state index contributed by atoms with van der Waals surface area (Å²) in [6.07, 6.45) is -10.7. The van der Waals surface area contributed by atoms with E-state index in [4.69, 9.17) is 0 Å². The third-order valence-electron chi connectivity index (χ3n) is 3.49. The van der Waals surface area contributed by atoms with Crippen LogP contribution in [-0.4, -0.2) is 81.9 Å². The monoisotopic (exact) mass is 468 g/mol. The van der Waals surface area contributed by atoms with Gasteiger partial charge in [0.05, 0.1) is 8.80 Å². The molecular formula is C14H21F11N3Si. The van der Waals surface area contributed by atoms with Crippen molar-refractivity contribution >= 4 is 14.8 Å². The van der Waals surface area contributed by atoms with Crippen LogP contribution in [0.5, 0.6) is 0 Å². The van der Waals surface area contributed by atoms with E-state index >= 15 is 0 Å². The third kappa shape index (κ3) is 6.60. The molecule has 0 rings (SSSR count). The number of hydrogen-bond donors (Lipinski definition) is 0. The van der Waals surface area contributed by atoms with E-state index in [1.165, 1.54) is 0 Å². The number of guanidine groups is 1. The zero-order valence-electron chi connectivity index (χ0n) is 16.1. The summed E-state index contributed by atoms with van der Waals surface area (Å²) in [5, 5.41) is 0. The molecule has 0 saturated carbocycles. The number of aliphatic imine (C=N–C) groups is 1. The molecule has 0 N–H and O–H groups in total. The van der Waals surface area contributed by atoms with Gasteiger partial charge in [-0.05, 0) is 0 Å². The lowest BCUT2D eigenvalue weighted by atomic mass is 9.98. The average molecular weight is 468 g/mol. The van der Waals surface area contributed by atoms with Crippen LogP contribution in [-0.2, 0) is 0 Å². The fourth-order valence-electron chi connectivity index (χ4n) is 2.14. The van der Waals surface area contributed by atoms with Crippen LogP contribution in [0.2, 0.25) is 13.1 Å². The summed E-state index contributed by atoms with van der Waals surface area (Å²) < 4.78 is 146. The van der Waals surface area contributed by atoms with Crippen molar-refractivity contribution < 1.29 is 48.3 Å². The van der Waals surface area contributed by atoms with Crippen molar-refractivity contribution in [1.29, 1.82) is 0 Å². The van der Waals surface area contributed by atoms with Gasteiger partial charge in [-0.1, -0.05) is 13.1 Å². The van der Waals surface area contributed by atoms with E-state index in [0.717, 1.165) is 30.9 Å². The Balaban J connectivity index is 6.08. The van der Waals surface area contributed by atoms with E-state index in [9.17, 15) is 48.3 Å². The number of nitrogens with zero attached hydrogens (tertiary/aromatic N) is 3. The molecule has 29 heavy (non-hydrogen) atoms. The van der Waals surface area contributed by atoms with Gasteiger partial charge in [0.15, 0.2) is 0 Å². The van der Waals surface area contributed by atoms with Crippen molar-refractivity contribution in [3.63, 3.8) is 0 Å². The standard InChI is InChI=1S/C14H21F11N3Si/c1-27(2)9(28(3)8-29(4)5)26-14(24,25)13(22,23)12(20,21)10(15,16)6-7-11(17,18)19/h6-8H2,1-5H3. The van der Waals surface area contributed by atoms with Gasteiger partial charge in [-0.2, -0.15) is 53.3 Å². The van der Waals surface area contributed by atoms with Crippen molar-refractivity contribution in [1.82, 2.24) is 9.80 Å². The second-order valence-corrected chi connectivity index (χ2v) is 9.61. The zero-order chi connectivity index (χ0) is 23.6. The quantitative estimate of drug-likeness (QED) is 0.165. The Morgan fingerprint density at radius 2 is 1.21 bits per heavy atom. The Hall–Kier alpha value is -1.28. The van der Waals surface area contributed by atoms with Gasteiger partial charge in [0.2, 0.25) is 5.96 Å². The highest BCUT2D eigenvalue weighted by Gasteiger charge is 2.81. The van der Waals surface area contributed by atoms with Crippen LogP contribution in [0.15, 0.2) is 4.99 Å². The first-order valence-electron chi connectivity index (χ1n) is 7.94. The molecule has 0 aromatic carbocycles. The highest BCUT2D eigenvalue weighted by molar-refractivity contribution is 6.56. The summed E-state index contributed by atoms with van der Waals surface area (Å²) in [6, 6.07) is -6.04. The molecule has 0 saturated heterocycles. The van der Waals surface area contributed by atoms with Crippen molar-refractivity contribution in [2.45, 2.75) is 55.9 Å². The van der Waals surface area contributed by atoms with Gasteiger partial charge in [0.25, 0.3) is 0 Å². The molecule has 0 heterocycles. The fraction of sp³-hybridized carbons (Fsp3) is 0.929. The van der Waals surface area contributed by atoms with Gasteiger partial charge >= 0.3 is 30.0 Å². The number of rotatable bonds is 8. The van der Waals surface area contributed by atoms with E-state index in [0.29, 0.717) is 0 Å². The average Bonchev–Trinajstić information content (AvgIpc) is 2.48. The zero-order valence-corrected chi connectivity index (χ0v) is 17.1. The molecular weight excluding hydrogens is 447 g/mol. The van der Waals surface area contributed by atoms with Crippen molar-refractivity contribution in [2.75, 3.05) is 27.3 Å². The van der Waals surface area contributed by atoms with Gasteiger partial charge in [0, 0.05) is 40.2 Å². The van der Waals surface area contributed by atoms with Gasteiger partial charge in [-0.3, -0.25) is 0 Å². The first kappa shape index (κ1) is 27.7.